The fourth-order valence-electron chi connectivity index (χ4n) is 3.84. The Hall–Kier alpha value is -4.23. The van der Waals surface area contributed by atoms with Gasteiger partial charge in [-0.05, 0) is 39.6 Å². The van der Waals surface area contributed by atoms with Gasteiger partial charge in [0.2, 0.25) is 18.2 Å². The van der Waals surface area contributed by atoms with Gasteiger partial charge < -0.3 is 21.7 Å². The van der Waals surface area contributed by atoms with Crippen LogP contribution in [0.1, 0.15) is 25.0 Å². The highest BCUT2D eigenvalue weighted by molar-refractivity contribution is 5.90. The van der Waals surface area contributed by atoms with E-state index in [9.17, 15) is 14.4 Å². The van der Waals surface area contributed by atoms with Crippen molar-refractivity contribution in [3.8, 4) is 0 Å². The molecule has 7 heteroatoms. The van der Waals surface area contributed by atoms with Crippen molar-refractivity contribution < 1.29 is 14.4 Å². The summed E-state index contributed by atoms with van der Waals surface area (Å²) in [5.74, 6) is -0.808. The van der Waals surface area contributed by atoms with Crippen molar-refractivity contribution in [2.45, 2.75) is 33.2 Å². The van der Waals surface area contributed by atoms with Crippen LogP contribution in [0, 0.1) is 6.92 Å². The summed E-state index contributed by atoms with van der Waals surface area (Å²) in [7, 11) is 0. The summed E-state index contributed by atoms with van der Waals surface area (Å²) in [4.78, 5) is 34.2. The normalized spacial score (nSPS) is 10.7. The number of rotatable bonds is 8. The van der Waals surface area contributed by atoms with Crippen LogP contribution < -0.4 is 21.7 Å². The largest absolute Gasteiger partial charge is 0.343 e. The predicted octanol–water partition coefficient (Wildman–Crippen LogP) is 3.82. The summed E-state index contributed by atoms with van der Waals surface area (Å²) in [6.45, 7) is 5.93. The van der Waals surface area contributed by atoms with Gasteiger partial charge in [-0.25, -0.2) is 0 Å². The number of hydrogen-bond donors (Lipinski definition) is 4. The second-order valence-electron chi connectivity index (χ2n) is 8.00. The van der Waals surface area contributed by atoms with E-state index in [1.807, 2.05) is 56.3 Å². The standard InChI is InChI=1S/C17H20N4O3.C11H10.C2H6/c18-9-16(23)21-15(17(24)20-10-19-11-22)8-13-6-3-5-12-4-1-2-7-14(12)13;1-9-5-4-7-10-6-2-3-8-11(9)10;1-2/h1-7,11,15H,8-10,18H2,(H,19,22)(H,20,24)(H,21,23);2-8H,1H3;1-2H3/t15-;;/m1../s1. The molecule has 0 fully saturated rings. The Morgan fingerprint density at radius 2 is 1.41 bits per heavy atom. The molecule has 1 atom stereocenters. The van der Waals surface area contributed by atoms with Crippen LogP contribution in [0.5, 0.6) is 0 Å². The third-order valence-corrected chi connectivity index (χ3v) is 5.60. The second-order valence-corrected chi connectivity index (χ2v) is 8.00. The van der Waals surface area contributed by atoms with E-state index in [2.05, 4.69) is 65.3 Å². The molecule has 0 heterocycles. The van der Waals surface area contributed by atoms with Crippen molar-refractivity contribution in [1.82, 2.24) is 16.0 Å². The zero-order valence-corrected chi connectivity index (χ0v) is 21.7. The van der Waals surface area contributed by atoms with E-state index in [0.717, 1.165) is 16.3 Å². The fraction of sp³-hybridized carbons (Fsp3) is 0.233. The molecule has 4 rings (SSSR count). The van der Waals surface area contributed by atoms with Gasteiger partial charge in [0.15, 0.2) is 0 Å². The van der Waals surface area contributed by atoms with Gasteiger partial charge in [0.25, 0.3) is 0 Å². The fourth-order valence-corrected chi connectivity index (χ4v) is 3.84. The van der Waals surface area contributed by atoms with Crippen molar-refractivity contribution in [3.05, 3.63) is 96.1 Å². The molecule has 0 aliphatic rings. The summed E-state index contributed by atoms with van der Waals surface area (Å²) in [5, 5.41) is 12.3. The first kappa shape index (κ1) is 29.0. The number of hydrogen-bond acceptors (Lipinski definition) is 4. The smallest absolute Gasteiger partial charge is 0.244 e. The van der Waals surface area contributed by atoms with E-state index in [-0.39, 0.29) is 19.1 Å². The maximum atomic E-state index is 12.3. The highest BCUT2D eigenvalue weighted by atomic mass is 16.2. The van der Waals surface area contributed by atoms with Gasteiger partial charge in [0, 0.05) is 6.42 Å². The monoisotopic (exact) mass is 500 g/mol. The highest BCUT2D eigenvalue weighted by Crippen LogP contribution is 2.20. The minimum atomic E-state index is -0.777. The van der Waals surface area contributed by atoms with Crippen LogP contribution in [-0.2, 0) is 20.8 Å². The van der Waals surface area contributed by atoms with Gasteiger partial charge in [-0.3, -0.25) is 14.4 Å². The third-order valence-electron chi connectivity index (χ3n) is 5.60. The molecule has 0 aliphatic carbocycles. The molecule has 0 aliphatic heterocycles. The Bertz CT molecular complexity index is 1300. The van der Waals surface area contributed by atoms with E-state index < -0.39 is 11.9 Å². The zero-order chi connectivity index (χ0) is 27.0. The summed E-state index contributed by atoms with van der Waals surface area (Å²) >= 11 is 0. The Morgan fingerprint density at radius 3 is 2.03 bits per heavy atom. The zero-order valence-electron chi connectivity index (χ0n) is 21.7. The lowest BCUT2D eigenvalue weighted by atomic mass is 9.98. The Morgan fingerprint density at radius 1 is 0.838 bits per heavy atom. The van der Waals surface area contributed by atoms with E-state index in [0.29, 0.717) is 12.8 Å². The first-order chi connectivity index (χ1) is 18.0. The number of nitrogens with two attached hydrogens (primary N) is 1. The minimum Gasteiger partial charge on any atom is -0.343 e. The Balaban J connectivity index is 0.000000306. The van der Waals surface area contributed by atoms with Crippen molar-refractivity contribution in [2.24, 2.45) is 5.73 Å². The molecule has 0 aromatic heterocycles. The SMILES string of the molecule is CC.Cc1cccc2ccccc12.NCC(=O)N[C@H](Cc1cccc2ccccc12)C(=O)NCNC=O. The van der Waals surface area contributed by atoms with Crippen molar-refractivity contribution >= 4 is 39.8 Å². The van der Waals surface area contributed by atoms with Crippen LogP contribution in [0.15, 0.2) is 84.9 Å². The molecular weight excluding hydrogens is 464 g/mol. The number of carbonyl (C=O) groups excluding carboxylic acids is 3. The molecule has 194 valence electrons. The van der Waals surface area contributed by atoms with Crippen molar-refractivity contribution in [1.29, 1.82) is 0 Å². The second kappa shape index (κ2) is 15.7. The van der Waals surface area contributed by atoms with Crippen LogP contribution in [-0.4, -0.2) is 37.5 Å². The van der Waals surface area contributed by atoms with Gasteiger partial charge in [-0.15, -0.1) is 0 Å². The maximum absolute atomic E-state index is 12.3. The average Bonchev–Trinajstić information content (AvgIpc) is 2.94. The number of amides is 3. The van der Waals surface area contributed by atoms with E-state index in [4.69, 9.17) is 5.73 Å². The lowest BCUT2D eigenvalue weighted by molar-refractivity contribution is -0.128. The Kier molecular flexibility index (Phi) is 12.3. The van der Waals surface area contributed by atoms with Gasteiger partial charge in [0.05, 0.1) is 13.2 Å². The molecule has 3 amide bonds. The molecule has 4 aromatic rings. The van der Waals surface area contributed by atoms with E-state index >= 15 is 0 Å². The lowest BCUT2D eigenvalue weighted by Gasteiger charge is -2.19. The molecule has 0 unspecified atom stereocenters. The predicted molar refractivity (Wildman–Crippen MR) is 151 cm³/mol. The average molecular weight is 501 g/mol. The molecule has 5 N–H and O–H groups in total. The third kappa shape index (κ3) is 8.74. The van der Waals surface area contributed by atoms with Gasteiger partial charge in [-0.1, -0.05) is 98.8 Å². The molecule has 4 aromatic carbocycles. The highest BCUT2D eigenvalue weighted by Gasteiger charge is 2.21. The van der Waals surface area contributed by atoms with Gasteiger partial charge in [0.1, 0.15) is 6.04 Å². The molecule has 0 saturated carbocycles. The summed E-state index contributed by atoms with van der Waals surface area (Å²) in [5.41, 5.74) is 7.61. The van der Waals surface area contributed by atoms with Crippen LogP contribution in [0.4, 0.5) is 0 Å². The number of nitrogens with one attached hydrogen (secondary N) is 3. The van der Waals surface area contributed by atoms with Crippen LogP contribution in [0.25, 0.3) is 21.5 Å². The molecule has 37 heavy (non-hydrogen) atoms. The van der Waals surface area contributed by atoms with Gasteiger partial charge >= 0.3 is 0 Å². The van der Waals surface area contributed by atoms with Crippen LogP contribution in [0.2, 0.25) is 0 Å². The molecule has 0 spiro atoms. The topological polar surface area (TPSA) is 113 Å². The number of benzene rings is 4. The molecule has 0 bridgehead atoms. The van der Waals surface area contributed by atoms with Crippen LogP contribution in [0.3, 0.4) is 0 Å². The maximum Gasteiger partial charge on any atom is 0.244 e. The number of fused-ring (bicyclic) bond motifs is 2. The molecule has 7 nitrogen and oxygen atoms in total. The summed E-state index contributed by atoms with van der Waals surface area (Å²) in [6, 6.07) is 27.7. The molecule has 0 saturated heterocycles. The van der Waals surface area contributed by atoms with Crippen molar-refractivity contribution in [3.63, 3.8) is 0 Å². The van der Waals surface area contributed by atoms with E-state index in [1.165, 1.54) is 16.3 Å². The molecular formula is C30H36N4O3. The van der Waals surface area contributed by atoms with Crippen molar-refractivity contribution in [2.75, 3.05) is 13.2 Å². The summed E-state index contributed by atoms with van der Waals surface area (Å²) < 4.78 is 0. The first-order valence-corrected chi connectivity index (χ1v) is 12.4. The number of carbonyl (C=O) groups is 3. The Labute approximate surface area is 218 Å². The first-order valence-electron chi connectivity index (χ1n) is 12.4. The van der Waals surface area contributed by atoms with Gasteiger partial charge in [-0.2, -0.15) is 0 Å². The minimum absolute atomic E-state index is 0.00708. The van der Waals surface area contributed by atoms with Crippen LogP contribution >= 0.6 is 0 Å². The summed E-state index contributed by atoms with van der Waals surface area (Å²) in [6.07, 6.45) is 0.804. The number of aryl methyl sites for hydroxylation is 1. The molecule has 0 radical (unpaired) electrons. The lowest BCUT2D eigenvalue weighted by Crippen LogP contribution is -2.51. The van der Waals surface area contributed by atoms with E-state index in [1.54, 1.807) is 0 Å². The quantitative estimate of drug-likeness (QED) is 0.167.